The minimum atomic E-state index is -1.81. The number of nitrogens with two attached hydrogens (primary N) is 1. The summed E-state index contributed by atoms with van der Waals surface area (Å²) in [6, 6.07) is 2.12. The second-order valence-electron chi connectivity index (χ2n) is 3.27. The van der Waals surface area contributed by atoms with Crippen LogP contribution < -0.4 is 5.73 Å². The maximum atomic E-state index is 5.50. The lowest BCUT2D eigenvalue weighted by Crippen LogP contribution is -2.38. The summed E-state index contributed by atoms with van der Waals surface area (Å²) in [4.78, 5) is 0. The predicted molar refractivity (Wildman–Crippen MR) is 58.0 cm³/mol. The summed E-state index contributed by atoms with van der Waals surface area (Å²) in [7, 11) is 1.72. The van der Waals surface area contributed by atoms with Crippen LogP contribution in [0.5, 0.6) is 0 Å². The molecule has 0 aliphatic carbocycles. The fourth-order valence-electron chi connectivity index (χ4n) is 1.47. The lowest BCUT2D eigenvalue weighted by molar-refractivity contribution is 0.241. The van der Waals surface area contributed by atoms with Gasteiger partial charge in [0.2, 0.25) is 0 Å². The number of rotatable bonds is 8. The fourth-order valence-corrected chi connectivity index (χ4v) is 3.76. The highest BCUT2D eigenvalue weighted by Gasteiger charge is 2.31. The van der Waals surface area contributed by atoms with Crippen molar-refractivity contribution in [3.8, 4) is 0 Å². The molecule has 0 bridgehead atoms. The van der Waals surface area contributed by atoms with E-state index in [0.717, 1.165) is 25.1 Å². The Bertz CT molecular complexity index is 110. The third kappa shape index (κ3) is 4.76. The van der Waals surface area contributed by atoms with Crippen molar-refractivity contribution in [3.63, 3.8) is 0 Å². The van der Waals surface area contributed by atoms with Crippen LogP contribution in [0.3, 0.4) is 0 Å². The molecule has 0 saturated heterocycles. The molecule has 0 aliphatic rings. The summed E-state index contributed by atoms with van der Waals surface area (Å²) in [5.41, 5.74) is 5.42. The van der Waals surface area contributed by atoms with E-state index in [0.29, 0.717) is 0 Å². The minimum absolute atomic E-state index is 0.792. The molecular weight excluding hydrogens is 182 g/mol. The summed E-state index contributed by atoms with van der Waals surface area (Å²) in [5, 5.41) is 0. The van der Waals surface area contributed by atoms with Crippen molar-refractivity contribution in [3.05, 3.63) is 0 Å². The van der Waals surface area contributed by atoms with Gasteiger partial charge in [0.25, 0.3) is 0 Å². The molecule has 0 atom stereocenters. The highest BCUT2D eigenvalue weighted by Crippen LogP contribution is 2.20. The van der Waals surface area contributed by atoms with Gasteiger partial charge in [-0.25, -0.2) is 0 Å². The zero-order valence-corrected chi connectivity index (χ0v) is 10.1. The Morgan fingerprint density at radius 2 is 1.69 bits per heavy atom. The van der Waals surface area contributed by atoms with Gasteiger partial charge in [-0.15, -0.1) is 0 Å². The zero-order chi connectivity index (χ0) is 10.2. The van der Waals surface area contributed by atoms with E-state index < -0.39 is 8.56 Å². The molecule has 3 nitrogen and oxygen atoms in total. The second kappa shape index (κ2) is 7.50. The lowest BCUT2D eigenvalue weighted by Gasteiger charge is -2.25. The van der Waals surface area contributed by atoms with Crippen LogP contribution in [0.1, 0.15) is 26.2 Å². The summed E-state index contributed by atoms with van der Waals surface area (Å²) >= 11 is 0. The molecular formula is C9H23NO2Si. The van der Waals surface area contributed by atoms with E-state index in [1.807, 2.05) is 0 Å². The molecule has 0 saturated carbocycles. The Hall–Kier alpha value is 0.0969. The van der Waals surface area contributed by atoms with Crippen molar-refractivity contribution in [2.24, 2.45) is 5.73 Å². The van der Waals surface area contributed by atoms with Crippen molar-refractivity contribution in [2.75, 3.05) is 20.8 Å². The van der Waals surface area contributed by atoms with E-state index in [1.54, 1.807) is 14.2 Å². The number of unbranched alkanes of at least 4 members (excludes halogenated alkanes) is 2. The fraction of sp³-hybridized carbons (Fsp3) is 1.00. The molecule has 0 amide bonds. The van der Waals surface area contributed by atoms with Crippen LogP contribution in [0.15, 0.2) is 0 Å². The van der Waals surface area contributed by atoms with Crippen LogP contribution in [-0.2, 0) is 8.85 Å². The molecule has 4 heteroatoms. The van der Waals surface area contributed by atoms with Crippen molar-refractivity contribution < 1.29 is 8.85 Å². The van der Waals surface area contributed by atoms with Gasteiger partial charge in [0, 0.05) is 14.2 Å². The molecule has 0 heterocycles. The molecule has 80 valence electrons. The van der Waals surface area contributed by atoms with Gasteiger partial charge in [-0.05, 0) is 25.1 Å². The van der Waals surface area contributed by atoms with E-state index in [2.05, 4.69) is 6.92 Å². The third-order valence-electron chi connectivity index (χ3n) is 2.54. The standard InChI is InChI=1S/C9H23NO2Si/c1-4-13(11-2,12-3)9-7-5-6-8-10/h4-10H2,1-3H3. The summed E-state index contributed by atoms with van der Waals surface area (Å²) in [5.74, 6) is 0. The molecule has 0 fully saturated rings. The monoisotopic (exact) mass is 205 g/mol. The van der Waals surface area contributed by atoms with E-state index in [-0.39, 0.29) is 0 Å². The first kappa shape index (κ1) is 13.1. The smallest absolute Gasteiger partial charge is 0.337 e. The molecule has 2 N–H and O–H groups in total. The van der Waals surface area contributed by atoms with E-state index in [9.17, 15) is 0 Å². The van der Waals surface area contributed by atoms with Crippen LogP contribution in [0.2, 0.25) is 12.1 Å². The van der Waals surface area contributed by atoms with E-state index in [1.165, 1.54) is 12.8 Å². The van der Waals surface area contributed by atoms with Crippen LogP contribution in [0.4, 0.5) is 0 Å². The van der Waals surface area contributed by atoms with Crippen molar-refractivity contribution in [2.45, 2.75) is 38.3 Å². The first-order valence-electron chi connectivity index (χ1n) is 5.05. The Morgan fingerprint density at radius 1 is 1.08 bits per heavy atom. The average Bonchev–Trinajstić information content (AvgIpc) is 2.20. The topological polar surface area (TPSA) is 44.5 Å². The maximum Gasteiger partial charge on any atom is 0.337 e. The quantitative estimate of drug-likeness (QED) is 0.486. The molecule has 0 aliphatic heterocycles. The van der Waals surface area contributed by atoms with Crippen LogP contribution in [0.25, 0.3) is 0 Å². The van der Waals surface area contributed by atoms with Crippen molar-refractivity contribution in [1.82, 2.24) is 0 Å². The van der Waals surface area contributed by atoms with Crippen molar-refractivity contribution >= 4 is 8.56 Å². The zero-order valence-electron chi connectivity index (χ0n) is 9.14. The summed E-state index contributed by atoms with van der Waals surface area (Å²) in [6.07, 6.45) is 3.48. The lowest BCUT2D eigenvalue weighted by atomic mass is 10.2. The second-order valence-corrected chi connectivity index (χ2v) is 7.12. The highest BCUT2D eigenvalue weighted by atomic mass is 28.4. The molecule has 0 spiro atoms. The largest absolute Gasteiger partial charge is 0.398 e. The molecule has 0 aromatic heterocycles. The Morgan fingerprint density at radius 3 is 2.08 bits per heavy atom. The number of hydrogen-bond acceptors (Lipinski definition) is 3. The van der Waals surface area contributed by atoms with Gasteiger partial charge >= 0.3 is 8.56 Å². The van der Waals surface area contributed by atoms with Gasteiger partial charge in [0.05, 0.1) is 0 Å². The summed E-state index contributed by atoms with van der Waals surface area (Å²) < 4.78 is 11.0. The van der Waals surface area contributed by atoms with Crippen molar-refractivity contribution in [1.29, 1.82) is 0 Å². The van der Waals surface area contributed by atoms with Gasteiger partial charge < -0.3 is 14.6 Å². The molecule has 0 aromatic rings. The first-order valence-corrected chi connectivity index (χ1v) is 7.28. The number of hydrogen-bond donors (Lipinski definition) is 1. The third-order valence-corrected chi connectivity index (χ3v) is 6.23. The van der Waals surface area contributed by atoms with Gasteiger partial charge in [-0.2, -0.15) is 0 Å². The average molecular weight is 205 g/mol. The Kier molecular flexibility index (Phi) is 7.55. The van der Waals surface area contributed by atoms with Gasteiger partial charge in [-0.3, -0.25) is 0 Å². The summed E-state index contributed by atoms with van der Waals surface area (Å²) in [6.45, 7) is 2.93. The molecule has 0 radical (unpaired) electrons. The van der Waals surface area contributed by atoms with Crippen LogP contribution >= 0.6 is 0 Å². The molecule has 0 rings (SSSR count). The van der Waals surface area contributed by atoms with Gasteiger partial charge in [0.1, 0.15) is 0 Å². The van der Waals surface area contributed by atoms with Gasteiger partial charge in [-0.1, -0.05) is 19.8 Å². The van der Waals surface area contributed by atoms with Gasteiger partial charge in [0.15, 0.2) is 0 Å². The predicted octanol–water partition coefficient (Wildman–Crippen LogP) is 1.87. The molecule has 0 aromatic carbocycles. The normalized spacial score (nSPS) is 12.0. The van der Waals surface area contributed by atoms with Crippen LogP contribution in [0, 0.1) is 0 Å². The van der Waals surface area contributed by atoms with E-state index >= 15 is 0 Å². The Labute approximate surface area is 82.9 Å². The SMILES string of the molecule is CC[Si](CCCCCN)(OC)OC. The molecule has 13 heavy (non-hydrogen) atoms. The maximum absolute atomic E-state index is 5.50. The Balaban J connectivity index is 3.68. The van der Waals surface area contributed by atoms with E-state index in [4.69, 9.17) is 14.6 Å². The molecule has 0 unspecified atom stereocenters. The first-order chi connectivity index (χ1) is 6.24. The van der Waals surface area contributed by atoms with Crippen LogP contribution in [-0.4, -0.2) is 29.3 Å². The minimum Gasteiger partial charge on any atom is -0.398 e. The highest BCUT2D eigenvalue weighted by molar-refractivity contribution is 6.67.